The highest BCUT2D eigenvalue weighted by molar-refractivity contribution is 5.83. The third-order valence-electron chi connectivity index (χ3n) is 5.26. The van der Waals surface area contributed by atoms with Gasteiger partial charge >= 0.3 is 0 Å². The second kappa shape index (κ2) is 7.85. The van der Waals surface area contributed by atoms with Crippen LogP contribution in [-0.2, 0) is 4.74 Å². The van der Waals surface area contributed by atoms with E-state index in [0.717, 1.165) is 12.8 Å². The minimum absolute atomic E-state index is 0.390. The minimum atomic E-state index is -1.20. The van der Waals surface area contributed by atoms with E-state index in [1.165, 1.54) is 36.5 Å². The first-order valence-corrected chi connectivity index (χ1v) is 9.28. The van der Waals surface area contributed by atoms with Crippen LogP contribution in [0, 0.1) is 5.92 Å². The summed E-state index contributed by atoms with van der Waals surface area (Å²) in [5, 5.41) is 33.8. The smallest absolute Gasteiger partial charge is 0.177 e. The van der Waals surface area contributed by atoms with Gasteiger partial charge in [-0.2, -0.15) is 5.10 Å². The van der Waals surface area contributed by atoms with Crippen molar-refractivity contribution >= 4 is 23.2 Å². The number of imidazole rings is 1. The molecule has 2 aliphatic rings. The molecule has 4 atom stereocenters. The Morgan fingerprint density at radius 1 is 1.19 bits per heavy atom. The molecule has 0 bridgehead atoms. The molecule has 0 aromatic carbocycles. The summed E-state index contributed by atoms with van der Waals surface area (Å²) in [5.41, 5.74) is 3.85. The Hall–Kier alpha value is -2.14. The maximum Gasteiger partial charge on any atom is 0.177 e. The molecule has 2 fully saturated rings. The molecule has 2 aromatic rings. The van der Waals surface area contributed by atoms with E-state index in [9.17, 15) is 15.3 Å². The van der Waals surface area contributed by atoms with Gasteiger partial charge < -0.3 is 20.1 Å². The number of fused-ring (bicyclic) bond motifs is 1. The number of nitrogens with one attached hydrogen (secondary N) is 1. The summed E-state index contributed by atoms with van der Waals surface area (Å²) >= 11 is 0. The van der Waals surface area contributed by atoms with Gasteiger partial charge in [0.05, 0.1) is 12.9 Å². The molecule has 27 heavy (non-hydrogen) atoms. The first-order valence-electron chi connectivity index (χ1n) is 9.28. The summed E-state index contributed by atoms with van der Waals surface area (Å²) < 4.78 is 7.07. The molecule has 0 radical (unpaired) electrons. The average Bonchev–Trinajstić information content (AvgIpc) is 3.25. The van der Waals surface area contributed by atoms with Crippen LogP contribution in [0.3, 0.4) is 0 Å². The van der Waals surface area contributed by atoms with E-state index in [0.29, 0.717) is 22.9 Å². The first kappa shape index (κ1) is 18.2. The van der Waals surface area contributed by atoms with E-state index >= 15 is 0 Å². The minimum Gasteiger partial charge on any atom is -0.394 e. The molecule has 2 aromatic heterocycles. The maximum atomic E-state index is 10.2. The lowest BCUT2D eigenvalue weighted by molar-refractivity contribution is -0.0511. The highest BCUT2D eigenvalue weighted by atomic mass is 16.6. The summed E-state index contributed by atoms with van der Waals surface area (Å²) in [6.45, 7) is -0.390. The number of aliphatic hydroxyl groups is 3. The monoisotopic (exact) mass is 376 g/mol. The van der Waals surface area contributed by atoms with Gasteiger partial charge in [0.1, 0.15) is 24.6 Å². The van der Waals surface area contributed by atoms with Crippen LogP contribution < -0.4 is 5.43 Å². The fraction of sp³-hybridized carbons (Fsp3) is 0.647. The topological polar surface area (TPSA) is 138 Å². The zero-order valence-electron chi connectivity index (χ0n) is 14.8. The number of nitrogens with zero attached hydrogens (tertiary/aromatic N) is 5. The number of hydrogen-bond acceptors (Lipinski definition) is 9. The van der Waals surface area contributed by atoms with Crippen LogP contribution >= 0.6 is 0 Å². The standard InChI is InChI=1S/C17H24N6O4/c24-7-11-13(25)14(26)17(27-11)23-9-20-12-15(18-8-19-16(12)23)22-21-6-10-4-2-1-3-5-10/h6,8-11,13-14,17,24-26H,1-5,7H2,(H,18,19,22)/b21-6+/t11-,13?,14+,17-/m1/s1. The first-order chi connectivity index (χ1) is 13.2. The quantitative estimate of drug-likeness (QED) is 0.435. The van der Waals surface area contributed by atoms with E-state index in [4.69, 9.17) is 4.74 Å². The van der Waals surface area contributed by atoms with E-state index in [1.54, 1.807) is 0 Å². The lowest BCUT2D eigenvalue weighted by Gasteiger charge is -2.17. The molecule has 1 aliphatic heterocycles. The van der Waals surface area contributed by atoms with E-state index < -0.39 is 24.5 Å². The summed E-state index contributed by atoms with van der Waals surface area (Å²) in [6, 6.07) is 0. The maximum absolute atomic E-state index is 10.2. The molecule has 1 saturated carbocycles. The molecule has 4 rings (SSSR count). The van der Waals surface area contributed by atoms with Crippen LogP contribution in [0.1, 0.15) is 38.3 Å². The van der Waals surface area contributed by atoms with Crippen LogP contribution in [0.15, 0.2) is 17.8 Å². The largest absolute Gasteiger partial charge is 0.394 e. The van der Waals surface area contributed by atoms with Crippen LogP contribution in [0.25, 0.3) is 11.2 Å². The number of aromatic nitrogens is 4. The Morgan fingerprint density at radius 3 is 2.74 bits per heavy atom. The number of anilines is 1. The van der Waals surface area contributed by atoms with Crippen molar-refractivity contribution < 1.29 is 20.1 Å². The molecular formula is C17H24N6O4. The summed E-state index contributed by atoms with van der Waals surface area (Å²) in [7, 11) is 0. The molecule has 1 unspecified atom stereocenters. The molecule has 4 N–H and O–H groups in total. The highest BCUT2D eigenvalue weighted by Crippen LogP contribution is 2.32. The number of rotatable bonds is 5. The Balaban J connectivity index is 1.54. The van der Waals surface area contributed by atoms with Gasteiger partial charge in [0, 0.05) is 6.21 Å². The lowest BCUT2D eigenvalue weighted by atomic mass is 9.90. The fourth-order valence-electron chi connectivity index (χ4n) is 3.72. The third kappa shape index (κ3) is 3.53. The van der Waals surface area contributed by atoms with E-state index in [1.807, 2.05) is 6.21 Å². The van der Waals surface area contributed by atoms with Crippen molar-refractivity contribution in [1.29, 1.82) is 0 Å². The number of aliphatic hydroxyl groups excluding tert-OH is 3. The predicted octanol–water partition coefficient (Wildman–Crippen LogP) is 0.416. The number of ether oxygens (including phenoxy) is 1. The van der Waals surface area contributed by atoms with Crippen LogP contribution in [0.4, 0.5) is 5.82 Å². The van der Waals surface area contributed by atoms with Gasteiger partial charge in [-0.05, 0) is 18.8 Å². The van der Waals surface area contributed by atoms with Crippen molar-refractivity contribution in [3.05, 3.63) is 12.7 Å². The average molecular weight is 376 g/mol. The van der Waals surface area contributed by atoms with Gasteiger partial charge in [-0.15, -0.1) is 0 Å². The van der Waals surface area contributed by atoms with Crippen molar-refractivity contribution in [2.24, 2.45) is 11.0 Å². The van der Waals surface area contributed by atoms with Gasteiger partial charge in [-0.25, -0.2) is 15.0 Å². The molecule has 3 heterocycles. The van der Waals surface area contributed by atoms with E-state index in [2.05, 4.69) is 25.5 Å². The number of hydrazone groups is 1. The third-order valence-corrected chi connectivity index (χ3v) is 5.26. The van der Waals surface area contributed by atoms with Crippen molar-refractivity contribution in [3.8, 4) is 0 Å². The van der Waals surface area contributed by atoms with Gasteiger partial charge in [-0.3, -0.25) is 9.99 Å². The Kier molecular flexibility index (Phi) is 5.30. The van der Waals surface area contributed by atoms with Crippen molar-refractivity contribution in [2.75, 3.05) is 12.0 Å². The van der Waals surface area contributed by atoms with E-state index in [-0.39, 0.29) is 6.61 Å². The van der Waals surface area contributed by atoms with Crippen LogP contribution in [0.5, 0.6) is 0 Å². The van der Waals surface area contributed by atoms with Crippen molar-refractivity contribution in [3.63, 3.8) is 0 Å². The summed E-state index contributed by atoms with van der Waals surface area (Å²) in [6.07, 6.45) is 6.72. The summed E-state index contributed by atoms with van der Waals surface area (Å²) in [4.78, 5) is 12.7. The predicted molar refractivity (Wildman–Crippen MR) is 97.0 cm³/mol. The SMILES string of the molecule is OC[C@H]1O[C@@H](n2cnc3c(N/N=C/C4CCCCC4)ncnc32)[C@@H](O)C1O. The lowest BCUT2D eigenvalue weighted by Crippen LogP contribution is -2.33. The molecule has 0 amide bonds. The normalized spacial score (nSPS) is 29.7. The van der Waals surface area contributed by atoms with Gasteiger partial charge in [0.15, 0.2) is 23.2 Å². The van der Waals surface area contributed by atoms with Crippen LogP contribution in [0.2, 0.25) is 0 Å². The Morgan fingerprint density at radius 2 is 2.00 bits per heavy atom. The van der Waals surface area contributed by atoms with Gasteiger partial charge in [-0.1, -0.05) is 19.3 Å². The molecule has 1 aliphatic carbocycles. The molecule has 1 saturated heterocycles. The second-order valence-corrected chi connectivity index (χ2v) is 7.06. The molecule has 146 valence electrons. The molecular weight excluding hydrogens is 352 g/mol. The summed E-state index contributed by atoms with van der Waals surface area (Å²) in [5.74, 6) is 0.942. The van der Waals surface area contributed by atoms with Crippen LogP contribution in [-0.4, -0.2) is 66.0 Å². The highest BCUT2D eigenvalue weighted by Gasteiger charge is 2.44. The number of hydrogen-bond donors (Lipinski definition) is 4. The van der Waals surface area contributed by atoms with Crippen molar-refractivity contribution in [1.82, 2.24) is 19.5 Å². The zero-order valence-corrected chi connectivity index (χ0v) is 14.8. The Bertz CT molecular complexity index is 806. The molecule has 10 nitrogen and oxygen atoms in total. The Labute approximate surface area is 155 Å². The van der Waals surface area contributed by atoms with Gasteiger partial charge in [0.25, 0.3) is 0 Å². The fourth-order valence-corrected chi connectivity index (χ4v) is 3.72. The second-order valence-electron chi connectivity index (χ2n) is 7.06. The molecule has 10 heteroatoms. The molecule has 0 spiro atoms. The van der Waals surface area contributed by atoms with Gasteiger partial charge in [0.2, 0.25) is 0 Å². The van der Waals surface area contributed by atoms with Crippen molar-refractivity contribution in [2.45, 2.75) is 56.6 Å². The zero-order chi connectivity index (χ0) is 18.8.